The van der Waals surface area contributed by atoms with Crippen molar-refractivity contribution in [3.8, 4) is 11.5 Å². The zero-order chi connectivity index (χ0) is 13.3. The Morgan fingerprint density at radius 3 is 2.28 bits per heavy atom. The lowest BCUT2D eigenvalue weighted by molar-refractivity contribution is -0.137. The largest absolute Gasteiger partial charge is 0.416 e. The molecule has 18 heavy (non-hydrogen) atoms. The fraction of sp³-hybridized carbons (Fsp3) is 0.182. The van der Waals surface area contributed by atoms with E-state index in [4.69, 9.17) is 4.52 Å². The zero-order valence-corrected chi connectivity index (χ0v) is 9.15. The third-order valence-corrected chi connectivity index (χ3v) is 2.20. The number of carbonyl (C=O) groups is 1. The van der Waals surface area contributed by atoms with Crippen LogP contribution in [0.1, 0.15) is 23.1 Å². The molecular weight excluding hydrogens is 249 g/mol. The number of benzene rings is 1. The number of ketones is 1. The first-order chi connectivity index (χ1) is 8.38. The Morgan fingerprint density at radius 1 is 1.22 bits per heavy atom. The minimum absolute atomic E-state index is 0.00826. The van der Waals surface area contributed by atoms with Gasteiger partial charge in [0.15, 0.2) is 0 Å². The normalized spacial score (nSPS) is 11.6. The maximum Gasteiger partial charge on any atom is 0.416 e. The molecule has 7 heteroatoms. The van der Waals surface area contributed by atoms with E-state index in [1.165, 1.54) is 19.1 Å². The molecule has 0 aliphatic rings. The molecule has 0 N–H and O–H groups in total. The van der Waals surface area contributed by atoms with Crippen molar-refractivity contribution >= 4 is 5.78 Å². The molecule has 0 aliphatic carbocycles. The molecule has 0 unspecified atom stereocenters. The van der Waals surface area contributed by atoms with E-state index in [-0.39, 0.29) is 17.5 Å². The number of nitrogens with zero attached hydrogens (tertiary/aromatic N) is 2. The lowest BCUT2D eigenvalue weighted by Crippen LogP contribution is -2.04. The van der Waals surface area contributed by atoms with E-state index in [0.29, 0.717) is 5.56 Å². The number of hydrogen-bond donors (Lipinski definition) is 0. The van der Waals surface area contributed by atoms with Crippen molar-refractivity contribution < 1.29 is 22.5 Å². The fourth-order valence-corrected chi connectivity index (χ4v) is 1.29. The zero-order valence-electron chi connectivity index (χ0n) is 9.15. The number of rotatable bonds is 2. The van der Waals surface area contributed by atoms with Crippen molar-refractivity contribution in [3.63, 3.8) is 0 Å². The van der Waals surface area contributed by atoms with E-state index in [1.807, 2.05) is 0 Å². The highest BCUT2D eigenvalue weighted by Gasteiger charge is 2.30. The first-order valence-electron chi connectivity index (χ1n) is 4.90. The number of alkyl halides is 3. The van der Waals surface area contributed by atoms with Gasteiger partial charge in [0.25, 0.3) is 5.89 Å². The average Bonchev–Trinajstić information content (AvgIpc) is 2.77. The van der Waals surface area contributed by atoms with Crippen molar-refractivity contribution in [2.24, 2.45) is 0 Å². The maximum atomic E-state index is 12.3. The topological polar surface area (TPSA) is 56.0 Å². The number of halogens is 3. The van der Waals surface area contributed by atoms with Gasteiger partial charge in [0.05, 0.1) is 5.56 Å². The van der Waals surface area contributed by atoms with Crippen LogP contribution in [0, 0.1) is 0 Å². The van der Waals surface area contributed by atoms with Gasteiger partial charge < -0.3 is 4.52 Å². The van der Waals surface area contributed by atoms with Gasteiger partial charge in [0, 0.05) is 12.5 Å². The number of aromatic nitrogens is 2. The van der Waals surface area contributed by atoms with Crippen molar-refractivity contribution in [2.45, 2.75) is 13.1 Å². The summed E-state index contributed by atoms with van der Waals surface area (Å²) in [6, 6.07) is 4.24. The third kappa shape index (κ3) is 2.39. The molecule has 0 amide bonds. The maximum absolute atomic E-state index is 12.3. The Morgan fingerprint density at radius 2 is 1.83 bits per heavy atom. The summed E-state index contributed by atoms with van der Waals surface area (Å²) in [5.41, 5.74) is -0.444. The molecule has 0 fully saturated rings. The van der Waals surface area contributed by atoms with E-state index in [1.54, 1.807) is 0 Å². The van der Waals surface area contributed by atoms with Gasteiger partial charge in [-0.15, -0.1) is 0 Å². The Bertz CT molecular complexity index is 573. The standard InChI is InChI=1S/C11H7F3N2O2/c1-6(17)9-15-10(18-16-9)7-2-4-8(5-3-7)11(12,13)14/h2-5H,1H3. The molecule has 2 aromatic rings. The predicted molar refractivity (Wildman–Crippen MR) is 54.7 cm³/mol. The average molecular weight is 256 g/mol. The van der Waals surface area contributed by atoms with Crippen molar-refractivity contribution in [3.05, 3.63) is 35.7 Å². The highest BCUT2D eigenvalue weighted by molar-refractivity contribution is 5.90. The van der Waals surface area contributed by atoms with Crippen LogP contribution < -0.4 is 0 Å². The van der Waals surface area contributed by atoms with Crippen LogP contribution in [0.25, 0.3) is 11.5 Å². The summed E-state index contributed by atoms with van der Waals surface area (Å²) in [5, 5.41) is 3.41. The van der Waals surface area contributed by atoms with Gasteiger partial charge in [-0.3, -0.25) is 4.79 Å². The SMILES string of the molecule is CC(=O)c1noc(-c2ccc(C(F)(F)F)cc2)n1. The Balaban J connectivity index is 2.31. The second-order valence-electron chi connectivity index (χ2n) is 3.55. The van der Waals surface area contributed by atoms with Crippen LogP contribution in [0.5, 0.6) is 0 Å². The summed E-state index contributed by atoms with van der Waals surface area (Å²) in [5.74, 6) is -0.476. The smallest absolute Gasteiger partial charge is 0.334 e. The molecule has 0 aliphatic heterocycles. The van der Waals surface area contributed by atoms with Gasteiger partial charge in [-0.2, -0.15) is 18.2 Å². The minimum Gasteiger partial charge on any atom is -0.334 e. The molecule has 0 spiro atoms. The third-order valence-electron chi connectivity index (χ3n) is 2.20. The molecule has 2 rings (SSSR count). The van der Waals surface area contributed by atoms with Gasteiger partial charge in [-0.25, -0.2) is 0 Å². The summed E-state index contributed by atoms with van der Waals surface area (Å²) >= 11 is 0. The summed E-state index contributed by atoms with van der Waals surface area (Å²) in [4.78, 5) is 14.7. The lowest BCUT2D eigenvalue weighted by atomic mass is 10.1. The second-order valence-corrected chi connectivity index (χ2v) is 3.55. The van der Waals surface area contributed by atoms with Crippen LogP contribution in [0.15, 0.2) is 28.8 Å². The number of Topliss-reactive ketones (excluding diaryl/α,β-unsaturated/α-hetero) is 1. The molecule has 0 saturated carbocycles. The van der Waals surface area contributed by atoms with Gasteiger partial charge in [0.2, 0.25) is 11.6 Å². The summed E-state index contributed by atoms with van der Waals surface area (Å²) in [7, 11) is 0. The number of carbonyl (C=O) groups excluding carboxylic acids is 1. The van der Waals surface area contributed by atoms with E-state index < -0.39 is 11.7 Å². The molecule has 0 bridgehead atoms. The Labute approximate surface area is 99.4 Å². The summed E-state index contributed by atoms with van der Waals surface area (Å²) in [6.45, 7) is 1.27. The number of hydrogen-bond acceptors (Lipinski definition) is 4. The van der Waals surface area contributed by atoms with Gasteiger partial charge in [-0.1, -0.05) is 5.16 Å². The van der Waals surface area contributed by atoms with Gasteiger partial charge in [0.1, 0.15) is 0 Å². The fourth-order valence-electron chi connectivity index (χ4n) is 1.29. The van der Waals surface area contributed by atoms with Crippen molar-refractivity contribution in [2.75, 3.05) is 0 Å². The highest BCUT2D eigenvalue weighted by Crippen LogP contribution is 2.30. The lowest BCUT2D eigenvalue weighted by Gasteiger charge is -2.05. The van der Waals surface area contributed by atoms with Crippen LogP contribution in [-0.4, -0.2) is 15.9 Å². The molecular formula is C11H7F3N2O2. The quantitative estimate of drug-likeness (QED) is 0.775. The first kappa shape index (κ1) is 12.3. The van der Waals surface area contributed by atoms with Crippen LogP contribution in [0.2, 0.25) is 0 Å². The molecule has 1 aromatic carbocycles. The molecule has 1 heterocycles. The summed E-state index contributed by atoms with van der Waals surface area (Å²) in [6.07, 6.45) is -4.39. The summed E-state index contributed by atoms with van der Waals surface area (Å²) < 4.78 is 41.8. The van der Waals surface area contributed by atoms with Gasteiger partial charge in [-0.05, 0) is 24.3 Å². The minimum atomic E-state index is -4.39. The molecule has 94 valence electrons. The van der Waals surface area contributed by atoms with E-state index in [2.05, 4.69) is 10.1 Å². The van der Waals surface area contributed by atoms with Crippen LogP contribution in [0.3, 0.4) is 0 Å². The predicted octanol–water partition coefficient (Wildman–Crippen LogP) is 2.96. The van der Waals surface area contributed by atoms with Crippen molar-refractivity contribution in [1.82, 2.24) is 10.1 Å². The van der Waals surface area contributed by atoms with Crippen LogP contribution in [0.4, 0.5) is 13.2 Å². The first-order valence-corrected chi connectivity index (χ1v) is 4.90. The second kappa shape index (κ2) is 4.25. The Hall–Kier alpha value is -2.18. The molecule has 0 atom stereocenters. The monoisotopic (exact) mass is 256 g/mol. The van der Waals surface area contributed by atoms with E-state index in [9.17, 15) is 18.0 Å². The molecule has 1 aromatic heterocycles. The van der Waals surface area contributed by atoms with Crippen LogP contribution >= 0.6 is 0 Å². The highest BCUT2D eigenvalue weighted by atomic mass is 19.4. The molecule has 4 nitrogen and oxygen atoms in total. The van der Waals surface area contributed by atoms with Gasteiger partial charge >= 0.3 is 6.18 Å². The molecule has 0 radical (unpaired) electrons. The van der Waals surface area contributed by atoms with Crippen molar-refractivity contribution in [1.29, 1.82) is 0 Å². The Kier molecular flexibility index (Phi) is 2.90. The molecule has 0 saturated heterocycles. The van der Waals surface area contributed by atoms with Crippen LogP contribution in [-0.2, 0) is 6.18 Å². The van der Waals surface area contributed by atoms with E-state index >= 15 is 0 Å². The van der Waals surface area contributed by atoms with E-state index in [0.717, 1.165) is 12.1 Å².